The van der Waals surface area contributed by atoms with E-state index in [4.69, 9.17) is 15.7 Å². The number of hydrogen-bond donors (Lipinski definition) is 0. The first-order valence-electron chi connectivity index (χ1n) is 42.1. The normalized spacial score (nSPS) is 15.7. The first-order valence-corrected chi connectivity index (χ1v) is 31.6. The van der Waals surface area contributed by atoms with Crippen LogP contribution >= 0.6 is 0 Å². The predicted octanol–water partition coefficient (Wildman–Crippen LogP) is 22.4. The van der Waals surface area contributed by atoms with Crippen molar-refractivity contribution in [1.82, 2.24) is 9.13 Å². The fraction of sp³-hybridized carbons (Fsp3) is 0. The molecule has 0 unspecified atom stereocenters. The Morgan fingerprint density at radius 1 is 0.268 bits per heavy atom. The number of furan rings is 2. The van der Waals surface area contributed by atoms with E-state index in [2.05, 4.69) is 6.07 Å². The van der Waals surface area contributed by atoms with E-state index in [0.29, 0.717) is 89.1 Å². The number of para-hydroxylation sites is 8. The Kier molecular flexibility index (Phi) is 7.98. The zero-order valence-corrected chi connectivity index (χ0v) is 50.8. The topological polar surface area (TPSA) is 42.6 Å². The summed E-state index contributed by atoms with van der Waals surface area (Å²) < 4.78 is 215. The van der Waals surface area contributed by atoms with Crippen molar-refractivity contribution in [1.29, 1.82) is 0 Å². The second-order valence-corrected chi connectivity index (χ2v) is 24.3. The molecule has 19 aromatic rings. The number of aromatic nitrogens is 2. The first-order chi connectivity index (χ1) is 56.9. The molecule has 0 N–H and O–H groups in total. The van der Waals surface area contributed by atoms with Gasteiger partial charge in [0.1, 0.15) is 16.7 Å². The van der Waals surface area contributed by atoms with Crippen molar-refractivity contribution in [2.24, 2.45) is 0 Å². The van der Waals surface area contributed by atoms with Crippen LogP contribution in [0.1, 0.15) is 28.8 Å². The summed E-state index contributed by atoms with van der Waals surface area (Å²) in [4.78, 5) is 3.97. The van der Waals surface area contributed by atoms with Crippen molar-refractivity contribution in [3.05, 3.63) is 333 Å². The molecule has 6 heterocycles. The highest BCUT2D eigenvalue weighted by Crippen LogP contribution is 2.52. The maximum atomic E-state index is 10.0. The van der Waals surface area contributed by atoms with Gasteiger partial charge in [-0.05, 0) is 123 Å². The SMILES string of the molecule is [2H]c1c([2H])c([2H])c(-c2ccc3c(c2)B2c4ccc(-n5c6c([2H])c([2H])c([2H])c([2H])c6c6c([2H])c([2H])c([2H])c([2H])c65)cc4N(c4cccc5c4oc4c(-c6cccc7c6oc6ccccc67)cccc45)c4cc(-n5c6c([2H])c([2H])c([2H])c([2H])c6c6c([2H])c([2H])c([2H])c([2H])c65)cc(c42)N3c2ccc(-c3ccccc3)cc2-c2ccccc2)c([2H])c1[2H]. The van der Waals surface area contributed by atoms with Crippen molar-refractivity contribution in [3.8, 4) is 55.9 Å². The fourth-order valence-electron chi connectivity index (χ4n) is 15.2. The minimum absolute atomic E-state index is 0.103. The Balaban J connectivity index is 0.969. The van der Waals surface area contributed by atoms with Gasteiger partial charge < -0.3 is 27.8 Å². The van der Waals surface area contributed by atoms with Gasteiger partial charge in [0.25, 0.3) is 6.71 Å². The Labute approximate surface area is 588 Å². The largest absolute Gasteiger partial charge is 0.455 e. The van der Waals surface area contributed by atoms with Crippen molar-refractivity contribution in [2.75, 3.05) is 9.80 Å². The second-order valence-electron chi connectivity index (χ2n) is 24.3. The van der Waals surface area contributed by atoms with E-state index in [-0.39, 0.29) is 71.8 Å². The number of anilines is 6. The van der Waals surface area contributed by atoms with Gasteiger partial charge in [-0.15, -0.1) is 0 Å². The molecule has 450 valence electrons. The van der Waals surface area contributed by atoms with E-state index in [1.807, 2.05) is 180 Å². The van der Waals surface area contributed by atoms with Gasteiger partial charge in [0.15, 0.2) is 5.58 Å². The molecule has 4 aromatic heterocycles. The number of hydrogen-bond acceptors (Lipinski definition) is 4. The highest BCUT2D eigenvalue weighted by molar-refractivity contribution is 7.00. The van der Waals surface area contributed by atoms with E-state index in [1.54, 1.807) is 30.3 Å². The zero-order chi connectivity index (χ0) is 81.7. The molecular formula is C90H55BN4O2. The highest BCUT2D eigenvalue weighted by Gasteiger charge is 2.45. The van der Waals surface area contributed by atoms with Gasteiger partial charge in [0, 0.05) is 88.2 Å². The molecule has 15 aromatic carbocycles. The van der Waals surface area contributed by atoms with Crippen LogP contribution in [0.25, 0.3) is 143 Å². The van der Waals surface area contributed by atoms with Crippen molar-refractivity contribution in [3.63, 3.8) is 0 Å². The van der Waals surface area contributed by atoms with Gasteiger partial charge in [-0.25, -0.2) is 0 Å². The third-order valence-corrected chi connectivity index (χ3v) is 19.3. The van der Waals surface area contributed by atoms with E-state index in [1.165, 1.54) is 9.13 Å². The summed E-state index contributed by atoms with van der Waals surface area (Å²) in [5, 5.41) is 2.30. The van der Waals surface area contributed by atoms with Crippen LogP contribution in [0.2, 0.25) is 0 Å². The van der Waals surface area contributed by atoms with Crippen molar-refractivity contribution < 1.29 is 37.6 Å². The van der Waals surface area contributed by atoms with E-state index in [0.717, 1.165) is 33.0 Å². The molecule has 0 saturated heterocycles. The molecule has 97 heavy (non-hydrogen) atoms. The van der Waals surface area contributed by atoms with Gasteiger partial charge in [0.2, 0.25) is 0 Å². The average molecular weight is 1260 g/mol. The summed E-state index contributed by atoms with van der Waals surface area (Å²) in [7, 11) is 0. The molecular weight excluding hydrogens is 1180 g/mol. The maximum absolute atomic E-state index is 10.0. The lowest BCUT2D eigenvalue weighted by Crippen LogP contribution is -2.61. The maximum Gasteiger partial charge on any atom is 0.252 e. The molecule has 0 amide bonds. The molecule has 0 bridgehead atoms. The van der Waals surface area contributed by atoms with Crippen LogP contribution in [0, 0.1) is 0 Å². The summed E-state index contributed by atoms with van der Waals surface area (Å²) in [6.45, 7) is -1.05. The fourth-order valence-corrected chi connectivity index (χ4v) is 15.2. The highest BCUT2D eigenvalue weighted by atomic mass is 16.3. The summed E-state index contributed by atoms with van der Waals surface area (Å²) in [5.41, 5.74) is 10.1. The molecule has 0 atom stereocenters. The van der Waals surface area contributed by atoms with Crippen molar-refractivity contribution in [2.45, 2.75) is 0 Å². The van der Waals surface area contributed by atoms with Gasteiger partial charge in [-0.2, -0.15) is 0 Å². The van der Waals surface area contributed by atoms with E-state index >= 15 is 0 Å². The lowest BCUT2D eigenvalue weighted by atomic mass is 9.33. The smallest absolute Gasteiger partial charge is 0.252 e. The van der Waals surface area contributed by atoms with Gasteiger partial charge in [0.05, 0.1) is 67.9 Å². The minimum Gasteiger partial charge on any atom is -0.455 e. The average Bonchev–Trinajstić information content (AvgIpc) is 1.39. The summed E-state index contributed by atoms with van der Waals surface area (Å²) >= 11 is 0. The Hall–Kier alpha value is -12.8. The molecule has 7 heteroatoms. The van der Waals surface area contributed by atoms with Crippen LogP contribution < -0.4 is 26.2 Å². The zero-order valence-electron chi connectivity index (χ0n) is 71.8. The molecule has 0 spiro atoms. The summed E-state index contributed by atoms with van der Waals surface area (Å²) in [6.07, 6.45) is 0. The summed E-state index contributed by atoms with van der Waals surface area (Å²) in [5.74, 6) is 0. The minimum atomic E-state index is -1.05. The van der Waals surface area contributed by atoms with Gasteiger partial charge in [-0.3, -0.25) is 0 Å². The van der Waals surface area contributed by atoms with Crippen LogP contribution in [0.4, 0.5) is 34.1 Å². The molecule has 0 radical (unpaired) electrons. The molecule has 21 rings (SSSR count). The van der Waals surface area contributed by atoms with Gasteiger partial charge >= 0.3 is 0 Å². The number of benzene rings is 15. The predicted molar refractivity (Wildman–Crippen MR) is 405 cm³/mol. The molecule has 0 aliphatic carbocycles. The Bertz CT molecular complexity index is 7630. The molecule has 6 nitrogen and oxygen atoms in total. The monoisotopic (exact) mass is 1260 g/mol. The van der Waals surface area contributed by atoms with Crippen LogP contribution in [0.15, 0.2) is 342 Å². The lowest BCUT2D eigenvalue weighted by molar-refractivity contribution is 0.665. The lowest BCUT2D eigenvalue weighted by Gasteiger charge is -2.45. The third-order valence-electron chi connectivity index (χ3n) is 19.3. The molecule has 2 aliphatic rings. The van der Waals surface area contributed by atoms with Crippen LogP contribution in [-0.4, -0.2) is 15.8 Å². The van der Waals surface area contributed by atoms with E-state index in [9.17, 15) is 21.9 Å². The van der Waals surface area contributed by atoms with Gasteiger partial charge in [-0.1, -0.05) is 254 Å². The number of fused-ring (bicyclic) bond motifs is 16. The molecule has 0 saturated carbocycles. The Morgan fingerprint density at radius 2 is 0.763 bits per heavy atom. The quantitative estimate of drug-likeness (QED) is 0.142. The Morgan fingerprint density at radius 3 is 1.41 bits per heavy atom. The van der Waals surface area contributed by atoms with Crippen LogP contribution in [-0.2, 0) is 0 Å². The van der Waals surface area contributed by atoms with Crippen LogP contribution in [0.3, 0.4) is 0 Å². The number of nitrogens with zero attached hydrogens (tertiary/aromatic N) is 4. The first kappa shape index (κ1) is 37.2. The number of rotatable bonds is 8. The van der Waals surface area contributed by atoms with Crippen molar-refractivity contribution >= 4 is 145 Å². The van der Waals surface area contributed by atoms with E-state index < -0.39 is 134 Å². The van der Waals surface area contributed by atoms with Crippen LogP contribution in [0.5, 0.6) is 0 Å². The third kappa shape index (κ3) is 7.91. The summed E-state index contributed by atoms with van der Waals surface area (Å²) in [6, 6.07) is 52.4. The second kappa shape index (κ2) is 20.8. The standard InChI is InChI=1S/C90H55BN4O2/c1-4-23-56(24-5-1)59-45-49-80(73(51-59)58-27-8-3-9-28-58)94-81-50-46-60(57-25-6-2-7-26-57)52-75(81)91-74-48-47-61(92-76-39-15-10-29-63(76)64-30-11-16-40-77(64)92)53-83(74)95(85-55-62(54-84(94)87(85)91)93-78-41-17-12-31-65(78)66-32-13-18-42-79(66)93)82-43-22-38-72-71-37-21-36-70(89(71)97-90(72)82)69-35-20-34-68-67-33-14-19-44-86(67)96-88(68)69/h1-55H/i2D,6D,7D,10D,11D,12D,13D,15D,16D,17D,18D,25D,26D,29D,30D,31D,32D,39D,40D,41D,42D. The molecule has 0 fully saturated rings. The molecule has 2 aliphatic heterocycles.